The van der Waals surface area contributed by atoms with Crippen molar-refractivity contribution in [3.63, 3.8) is 0 Å². The number of amides is 1. The molecule has 1 aliphatic heterocycles. The van der Waals surface area contributed by atoms with Crippen LogP contribution < -0.4 is 5.32 Å². The second kappa shape index (κ2) is 7.41. The molecule has 0 bridgehead atoms. The van der Waals surface area contributed by atoms with Gasteiger partial charge in [0.15, 0.2) is 0 Å². The van der Waals surface area contributed by atoms with Crippen LogP contribution in [0.1, 0.15) is 36.7 Å². The quantitative estimate of drug-likeness (QED) is 0.870. The average molecular weight is 380 g/mol. The Hall–Kier alpha value is -2.63. The molecule has 1 unspecified atom stereocenters. The van der Waals surface area contributed by atoms with E-state index in [4.69, 9.17) is 4.74 Å². The highest BCUT2D eigenvalue weighted by molar-refractivity contribution is 5.68. The Labute approximate surface area is 166 Å². The van der Waals surface area contributed by atoms with E-state index in [2.05, 4.69) is 22.2 Å². The van der Waals surface area contributed by atoms with Gasteiger partial charge in [-0.1, -0.05) is 30.3 Å². The topological polar surface area (TPSA) is 67.4 Å². The molecule has 6 heteroatoms. The first kappa shape index (κ1) is 18.7. The summed E-state index contributed by atoms with van der Waals surface area (Å²) < 4.78 is 5.50. The molecule has 2 aromatic rings. The van der Waals surface area contributed by atoms with E-state index in [9.17, 15) is 4.79 Å². The lowest BCUT2D eigenvalue weighted by Gasteiger charge is -2.28. The zero-order chi connectivity index (χ0) is 19.7. The number of aromatic nitrogens is 2. The van der Waals surface area contributed by atoms with Crippen molar-refractivity contribution in [3.8, 4) is 0 Å². The van der Waals surface area contributed by atoms with Crippen LogP contribution in [0, 0.1) is 25.7 Å². The smallest absolute Gasteiger partial charge is 0.410 e. The average Bonchev–Trinajstić information content (AvgIpc) is 3.14. The third-order valence-electron chi connectivity index (χ3n) is 5.86. The maximum absolute atomic E-state index is 12.4. The van der Waals surface area contributed by atoms with E-state index < -0.39 is 0 Å². The number of anilines is 1. The molecule has 1 saturated heterocycles. The largest absolute Gasteiger partial charge is 0.445 e. The number of ether oxygens (including phenoxy) is 1. The molecule has 1 N–H and O–H groups in total. The minimum absolute atomic E-state index is 0.0321. The number of carbonyl (C=O) groups excluding carboxylic acids is 1. The number of aryl methyl sites for hydroxylation is 2. The van der Waals surface area contributed by atoms with Gasteiger partial charge < -0.3 is 15.0 Å². The fourth-order valence-corrected chi connectivity index (χ4v) is 4.76. The first-order valence-electron chi connectivity index (χ1n) is 9.96. The molecule has 1 aromatic heterocycles. The Morgan fingerprint density at radius 1 is 1.14 bits per heavy atom. The van der Waals surface area contributed by atoms with E-state index in [1.807, 2.05) is 55.1 Å². The van der Waals surface area contributed by atoms with Crippen LogP contribution in [0.15, 0.2) is 36.4 Å². The van der Waals surface area contributed by atoms with Crippen molar-refractivity contribution in [3.05, 3.63) is 53.3 Å². The summed E-state index contributed by atoms with van der Waals surface area (Å²) in [4.78, 5) is 23.4. The van der Waals surface area contributed by atoms with Gasteiger partial charge in [-0.2, -0.15) is 0 Å². The Bertz CT molecular complexity index is 821. The van der Waals surface area contributed by atoms with E-state index in [-0.39, 0.29) is 11.6 Å². The first-order valence-corrected chi connectivity index (χ1v) is 9.96. The van der Waals surface area contributed by atoms with Gasteiger partial charge in [-0.25, -0.2) is 14.8 Å². The molecular formula is C22H28N4O2. The van der Waals surface area contributed by atoms with Gasteiger partial charge in [0, 0.05) is 30.0 Å². The van der Waals surface area contributed by atoms with Crippen molar-refractivity contribution in [2.24, 2.45) is 11.8 Å². The van der Waals surface area contributed by atoms with Gasteiger partial charge in [0.1, 0.15) is 6.61 Å². The van der Waals surface area contributed by atoms with Crippen molar-refractivity contribution < 1.29 is 9.53 Å². The maximum atomic E-state index is 12.4. The molecule has 148 valence electrons. The van der Waals surface area contributed by atoms with Crippen LogP contribution in [0.5, 0.6) is 0 Å². The van der Waals surface area contributed by atoms with Gasteiger partial charge in [0.2, 0.25) is 5.95 Å². The Kier molecular flexibility index (Phi) is 4.96. The molecule has 3 atom stereocenters. The van der Waals surface area contributed by atoms with Crippen LogP contribution in [0.3, 0.4) is 0 Å². The summed E-state index contributed by atoms with van der Waals surface area (Å²) in [5.74, 6) is 1.69. The molecule has 0 radical (unpaired) electrons. The zero-order valence-corrected chi connectivity index (χ0v) is 16.8. The molecule has 28 heavy (non-hydrogen) atoms. The minimum atomic E-state index is -0.203. The summed E-state index contributed by atoms with van der Waals surface area (Å²) in [6.07, 6.45) is 1.82. The molecule has 2 fully saturated rings. The lowest BCUT2D eigenvalue weighted by atomic mass is 9.98. The molecule has 4 rings (SSSR count). The number of fused-ring (bicyclic) bond motifs is 1. The minimum Gasteiger partial charge on any atom is -0.445 e. The van der Waals surface area contributed by atoms with Crippen LogP contribution >= 0.6 is 0 Å². The van der Waals surface area contributed by atoms with Crippen LogP contribution in [-0.4, -0.2) is 39.6 Å². The zero-order valence-electron chi connectivity index (χ0n) is 16.8. The number of hydrogen-bond acceptors (Lipinski definition) is 5. The standard InChI is InChI=1S/C22H28N4O2/c1-15-9-16(2)24-20(23-15)25-22(3)10-18-12-26(13-19(18)11-22)21(27)28-14-17-7-5-4-6-8-17/h4-9,18-19H,10-14H2,1-3H3,(H,23,24,25)/t18-,19+,22?. The number of rotatable bonds is 4. The molecule has 1 amide bonds. The van der Waals surface area contributed by atoms with Crippen LogP contribution in [0.25, 0.3) is 0 Å². The number of nitrogens with one attached hydrogen (secondary N) is 1. The SMILES string of the molecule is Cc1cc(C)nc(NC2(C)C[C@H]3CN(C(=O)OCc4ccccc4)C[C@H]3C2)n1. The first-order chi connectivity index (χ1) is 13.4. The lowest BCUT2D eigenvalue weighted by Crippen LogP contribution is -2.37. The van der Waals surface area contributed by atoms with Gasteiger partial charge in [-0.3, -0.25) is 0 Å². The molecule has 1 aliphatic carbocycles. The Balaban J connectivity index is 1.32. The summed E-state index contributed by atoms with van der Waals surface area (Å²) in [5, 5.41) is 3.56. The normalized spacial score (nSPS) is 26.2. The predicted octanol–water partition coefficient (Wildman–Crippen LogP) is 3.94. The lowest BCUT2D eigenvalue weighted by molar-refractivity contribution is 0.101. The monoisotopic (exact) mass is 380 g/mol. The highest BCUT2D eigenvalue weighted by Crippen LogP contribution is 2.45. The third kappa shape index (κ3) is 4.11. The second-order valence-corrected chi connectivity index (χ2v) is 8.53. The van der Waals surface area contributed by atoms with Gasteiger partial charge in [0.05, 0.1) is 0 Å². The third-order valence-corrected chi connectivity index (χ3v) is 5.86. The van der Waals surface area contributed by atoms with Gasteiger partial charge in [0.25, 0.3) is 0 Å². The summed E-state index contributed by atoms with van der Waals surface area (Å²) in [5.41, 5.74) is 2.93. The van der Waals surface area contributed by atoms with E-state index >= 15 is 0 Å². The van der Waals surface area contributed by atoms with Gasteiger partial charge in [-0.05, 0) is 57.1 Å². The maximum Gasteiger partial charge on any atom is 0.410 e. The number of benzene rings is 1. The number of nitrogens with zero attached hydrogens (tertiary/aromatic N) is 3. The molecule has 1 aromatic carbocycles. The van der Waals surface area contributed by atoms with Crippen molar-refractivity contribution in [2.45, 2.75) is 45.8 Å². The van der Waals surface area contributed by atoms with E-state index in [1.54, 1.807) is 0 Å². The number of carbonyl (C=O) groups is 1. The van der Waals surface area contributed by atoms with Gasteiger partial charge in [-0.15, -0.1) is 0 Å². The van der Waals surface area contributed by atoms with Crippen LogP contribution in [0.2, 0.25) is 0 Å². The number of hydrogen-bond donors (Lipinski definition) is 1. The molecule has 6 nitrogen and oxygen atoms in total. The van der Waals surface area contributed by atoms with Crippen molar-refractivity contribution in [2.75, 3.05) is 18.4 Å². The van der Waals surface area contributed by atoms with E-state index in [0.29, 0.717) is 24.4 Å². The second-order valence-electron chi connectivity index (χ2n) is 8.53. The summed E-state index contributed by atoms with van der Waals surface area (Å²) in [7, 11) is 0. The number of likely N-dealkylation sites (tertiary alicyclic amines) is 1. The fraction of sp³-hybridized carbons (Fsp3) is 0.500. The highest BCUT2D eigenvalue weighted by atomic mass is 16.6. The van der Waals surface area contributed by atoms with Crippen LogP contribution in [-0.2, 0) is 11.3 Å². The van der Waals surface area contributed by atoms with Crippen molar-refractivity contribution >= 4 is 12.0 Å². The molecule has 1 saturated carbocycles. The van der Waals surface area contributed by atoms with Crippen molar-refractivity contribution in [1.29, 1.82) is 0 Å². The van der Waals surface area contributed by atoms with E-state index in [1.165, 1.54) is 0 Å². The van der Waals surface area contributed by atoms with Gasteiger partial charge >= 0.3 is 6.09 Å². The molecule has 2 heterocycles. The summed E-state index contributed by atoms with van der Waals surface area (Å²) in [6, 6.07) is 11.8. The Morgan fingerprint density at radius 3 is 2.36 bits per heavy atom. The predicted molar refractivity (Wildman–Crippen MR) is 108 cm³/mol. The summed E-state index contributed by atoms with van der Waals surface area (Å²) >= 11 is 0. The summed E-state index contributed by atoms with van der Waals surface area (Å²) in [6.45, 7) is 8.08. The molecule has 0 spiro atoms. The highest BCUT2D eigenvalue weighted by Gasteiger charge is 2.48. The Morgan fingerprint density at radius 2 is 1.75 bits per heavy atom. The van der Waals surface area contributed by atoms with Crippen molar-refractivity contribution in [1.82, 2.24) is 14.9 Å². The molecular weight excluding hydrogens is 352 g/mol. The van der Waals surface area contributed by atoms with E-state index in [0.717, 1.165) is 42.9 Å². The van der Waals surface area contributed by atoms with Crippen LogP contribution in [0.4, 0.5) is 10.7 Å². The fourth-order valence-electron chi connectivity index (χ4n) is 4.76. The molecule has 2 aliphatic rings.